The molecule has 1 aliphatic rings. The normalized spacial score (nSPS) is 17.9. The molecule has 1 heterocycles. The maximum atomic E-state index is 12.0. The van der Waals surface area contributed by atoms with Crippen molar-refractivity contribution >= 4 is 6.09 Å². The maximum Gasteiger partial charge on any atom is 0.422 e. The highest BCUT2D eigenvalue weighted by atomic mass is 19.4. The van der Waals surface area contributed by atoms with E-state index < -0.39 is 18.9 Å². The van der Waals surface area contributed by atoms with E-state index in [-0.39, 0.29) is 0 Å². The molecule has 1 rings (SSSR count). The molecule has 0 atom stereocenters. The van der Waals surface area contributed by atoms with Crippen LogP contribution >= 0.6 is 0 Å². The Balaban J connectivity index is 2.29. The molecule has 0 aromatic rings. The number of halogens is 3. The van der Waals surface area contributed by atoms with Crippen molar-refractivity contribution in [3.8, 4) is 0 Å². The van der Waals surface area contributed by atoms with Crippen molar-refractivity contribution in [3.63, 3.8) is 0 Å². The summed E-state index contributed by atoms with van der Waals surface area (Å²) < 4.78 is 40.1. The number of piperidine rings is 1. The third kappa shape index (κ3) is 5.98. The number of amides is 1. The molecule has 0 aromatic heterocycles. The lowest BCUT2D eigenvalue weighted by molar-refractivity contribution is -0.162. The molecular formula is C13H23F3N2O2. The second-order valence-corrected chi connectivity index (χ2v) is 5.63. The van der Waals surface area contributed by atoms with Crippen molar-refractivity contribution in [1.82, 2.24) is 9.80 Å². The van der Waals surface area contributed by atoms with E-state index in [1.54, 1.807) is 0 Å². The van der Waals surface area contributed by atoms with E-state index >= 15 is 0 Å². The highest BCUT2D eigenvalue weighted by Gasteiger charge is 2.32. The van der Waals surface area contributed by atoms with Crippen LogP contribution in [0.4, 0.5) is 18.0 Å². The molecule has 1 aliphatic heterocycles. The van der Waals surface area contributed by atoms with Crippen molar-refractivity contribution in [2.45, 2.75) is 38.9 Å². The van der Waals surface area contributed by atoms with E-state index in [1.165, 1.54) is 4.90 Å². The second kappa shape index (κ2) is 7.15. The molecule has 1 amide bonds. The first-order chi connectivity index (χ1) is 9.19. The van der Waals surface area contributed by atoms with Crippen molar-refractivity contribution < 1.29 is 22.7 Å². The van der Waals surface area contributed by atoms with Gasteiger partial charge in [-0.25, -0.2) is 4.79 Å². The highest BCUT2D eigenvalue weighted by Crippen LogP contribution is 2.20. The zero-order valence-electron chi connectivity index (χ0n) is 12.2. The van der Waals surface area contributed by atoms with E-state index in [2.05, 4.69) is 30.5 Å². The summed E-state index contributed by atoms with van der Waals surface area (Å²) in [5.41, 5.74) is 0. The van der Waals surface area contributed by atoms with Gasteiger partial charge in [0.1, 0.15) is 0 Å². The molecule has 0 bridgehead atoms. The van der Waals surface area contributed by atoms with E-state index in [4.69, 9.17) is 0 Å². The van der Waals surface area contributed by atoms with Gasteiger partial charge in [0.25, 0.3) is 0 Å². The van der Waals surface area contributed by atoms with Gasteiger partial charge in [0.2, 0.25) is 0 Å². The number of ether oxygens (including phenoxy) is 1. The number of carbonyl (C=O) groups excluding carboxylic acids is 1. The Labute approximate surface area is 117 Å². The molecule has 4 nitrogen and oxygen atoms in total. The van der Waals surface area contributed by atoms with Gasteiger partial charge < -0.3 is 14.5 Å². The van der Waals surface area contributed by atoms with Crippen LogP contribution in [0.5, 0.6) is 0 Å². The minimum absolute atomic E-state index is 0.463. The predicted molar refractivity (Wildman–Crippen MR) is 69.5 cm³/mol. The summed E-state index contributed by atoms with van der Waals surface area (Å²) in [7, 11) is 2.05. The van der Waals surface area contributed by atoms with Crippen molar-refractivity contribution in [3.05, 3.63) is 0 Å². The number of alkyl halides is 3. The van der Waals surface area contributed by atoms with E-state index in [0.29, 0.717) is 25.0 Å². The number of carbonyl (C=O) groups is 1. The van der Waals surface area contributed by atoms with Crippen LogP contribution in [-0.2, 0) is 4.74 Å². The van der Waals surface area contributed by atoms with Crippen LogP contribution in [0.15, 0.2) is 0 Å². The minimum Gasteiger partial charge on any atom is -0.440 e. The highest BCUT2D eigenvalue weighted by molar-refractivity contribution is 5.67. The standard InChI is InChI=1S/C13H23F3N2O2/c1-10(2)17(3)8-11-4-6-18(7-5-11)12(19)20-9-13(14,15)16/h10-11H,4-9H2,1-3H3. The monoisotopic (exact) mass is 296 g/mol. The second-order valence-electron chi connectivity index (χ2n) is 5.63. The van der Waals surface area contributed by atoms with Crippen LogP contribution in [0.1, 0.15) is 26.7 Å². The summed E-state index contributed by atoms with van der Waals surface area (Å²) in [6.07, 6.45) is -3.72. The first-order valence-corrected chi connectivity index (χ1v) is 6.87. The number of hydrogen-bond acceptors (Lipinski definition) is 3. The molecule has 7 heteroatoms. The quantitative estimate of drug-likeness (QED) is 0.799. The van der Waals surface area contributed by atoms with Gasteiger partial charge in [0.05, 0.1) is 0 Å². The number of hydrogen-bond donors (Lipinski definition) is 0. The first kappa shape index (κ1) is 17.1. The number of rotatable bonds is 4. The lowest BCUT2D eigenvalue weighted by Gasteiger charge is -2.34. The third-order valence-electron chi connectivity index (χ3n) is 3.66. The first-order valence-electron chi connectivity index (χ1n) is 6.87. The summed E-state index contributed by atoms with van der Waals surface area (Å²) in [5.74, 6) is 0.481. The molecule has 0 unspecified atom stereocenters. The van der Waals surface area contributed by atoms with Gasteiger partial charge in [0.15, 0.2) is 6.61 Å². The molecule has 1 saturated heterocycles. The van der Waals surface area contributed by atoms with Gasteiger partial charge in [-0.3, -0.25) is 0 Å². The minimum atomic E-state index is -4.46. The van der Waals surface area contributed by atoms with Gasteiger partial charge in [0, 0.05) is 25.7 Å². The Bertz CT molecular complexity index is 313. The maximum absolute atomic E-state index is 12.0. The molecule has 0 radical (unpaired) electrons. The van der Waals surface area contributed by atoms with Crippen molar-refractivity contribution in [2.75, 3.05) is 33.3 Å². The van der Waals surface area contributed by atoms with Crippen molar-refractivity contribution in [1.29, 1.82) is 0 Å². The Morgan fingerprint density at radius 2 is 1.90 bits per heavy atom. The SMILES string of the molecule is CC(C)N(C)CC1CCN(C(=O)OCC(F)(F)F)CC1. The lowest BCUT2D eigenvalue weighted by Crippen LogP contribution is -2.42. The molecule has 118 valence electrons. The topological polar surface area (TPSA) is 32.8 Å². The van der Waals surface area contributed by atoms with Crippen LogP contribution in [0.3, 0.4) is 0 Å². The predicted octanol–water partition coefficient (Wildman–Crippen LogP) is 2.74. The van der Waals surface area contributed by atoms with Crippen LogP contribution < -0.4 is 0 Å². The summed E-state index contributed by atoms with van der Waals surface area (Å²) in [6, 6.07) is 0.463. The summed E-state index contributed by atoms with van der Waals surface area (Å²) >= 11 is 0. The fourth-order valence-electron chi connectivity index (χ4n) is 2.15. The molecule has 0 aliphatic carbocycles. The van der Waals surface area contributed by atoms with E-state index in [0.717, 1.165) is 19.4 Å². The zero-order valence-corrected chi connectivity index (χ0v) is 12.2. The lowest BCUT2D eigenvalue weighted by atomic mass is 9.96. The Hall–Kier alpha value is -0.980. The Morgan fingerprint density at radius 1 is 1.35 bits per heavy atom. The zero-order chi connectivity index (χ0) is 15.3. The van der Waals surface area contributed by atoms with Gasteiger partial charge in [-0.05, 0) is 39.7 Å². The van der Waals surface area contributed by atoms with Crippen LogP contribution in [0, 0.1) is 5.92 Å². The molecule has 20 heavy (non-hydrogen) atoms. The van der Waals surface area contributed by atoms with E-state index in [1.807, 2.05) is 0 Å². The molecule has 1 fully saturated rings. The Kier molecular flexibility index (Phi) is 6.10. The molecule has 0 aromatic carbocycles. The molecule has 0 saturated carbocycles. The van der Waals surface area contributed by atoms with Gasteiger partial charge in [-0.15, -0.1) is 0 Å². The fourth-order valence-corrected chi connectivity index (χ4v) is 2.15. The number of nitrogens with zero attached hydrogens (tertiary/aromatic N) is 2. The molecule has 0 N–H and O–H groups in total. The van der Waals surface area contributed by atoms with Crippen LogP contribution in [0.2, 0.25) is 0 Å². The molecular weight excluding hydrogens is 273 g/mol. The number of likely N-dealkylation sites (tertiary alicyclic amines) is 1. The largest absolute Gasteiger partial charge is 0.440 e. The summed E-state index contributed by atoms with van der Waals surface area (Å²) in [4.78, 5) is 15.1. The van der Waals surface area contributed by atoms with Crippen molar-refractivity contribution in [2.24, 2.45) is 5.92 Å². The van der Waals surface area contributed by atoms with E-state index in [9.17, 15) is 18.0 Å². The fraction of sp³-hybridized carbons (Fsp3) is 0.923. The molecule has 0 spiro atoms. The van der Waals surface area contributed by atoms with Crippen LogP contribution in [-0.4, -0.2) is 61.4 Å². The average molecular weight is 296 g/mol. The van der Waals surface area contributed by atoms with Gasteiger partial charge >= 0.3 is 12.3 Å². The summed E-state index contributed by atoms with van der Waals surface area (Å²) in [6.45, 7) is 4.60. The smallest absolute Gasteiger partial charge is 0.422 e. The summed E-state index contributed by atoms with van der Waals surface area (Å²) in [5, 5.41) is 0. The van der Waals surface area contributed by atoms with Gasteiger partial charge in [-0.2, -0.15) is 13.2 Å². The average Bonchev–Trinajstić information content (AvgIpc) is 2.35. The third-order valence-corrected chi connectivity index (χ3v) is 3.66. The van der Waals surface area contributed by atoms with Crippen LogP contribution in [0.25, 0.3) is 0 Å². The Morgan fingerprint density at radius 3 is 2.35 bits per heavy atom. The van der Waals surface area contributed by atoms with Gasteiger partial charge in [-0.1, -0.05) is 0 Å².